The van der Waals surface area contributed by atoms with Crippen LogP contribution in [0, 0.1) is 50.2 Å². The van der Waals surface area contributed by atoms with Crippen LogP contribution in [0.5, 0.6) is 0 Å². The molecule has 12 nitrogen and oxygen atoms in total. The average Bonchev–Trinajstić information content (AvgIpc) is 3.08. The molecular formula is C41H66O12. The zero-order valence-corrected chi connectivity index (χ0v) is 32.7. The lowest BCUT2D eigenvalue weighted by atomic mass is 9.33. The van der Waals surface area contributed by atoms with E-state index in [0.717, 1.165) is 57.8 Å². The van der Waals surface area contributed by atoms with Crippen LogP contribution in [-0.2, 0) is 23.7 Å². The maximum absolute atomic E-state index is 13.0. The Morgan fingerprint density at radius 3 is 2.19 bits per heavy atom. The van der Waals surface area contributed by atoms with Gasteiger partial charge in [0.2, 0.25) is 0 Å². The molecular weight excluding hydrogens is 684 g/mol. The van der Waals surface area contributed by atoms with Gasteiger partial charge in [-0.2, -0.15) is 0 Å². The number of rotatable bonds is 6. The minimum atomic E-state index is -1.62. The van der Waals surface area contributed by atoms with E-state index in [2.05, 4.69) is 54.5 Å². The SMILES string of the molecule is CC1(C)CC[C@]2(C(=O)O)CC[C@]3(C)C(=CC[C@@H]4[C@@]5(C)CC[C@H](O[C@@H]6O[C@H](CO)[C@H](O)[C@H](O)[C@H]6O[C@@H]6OC[C@H](O)[C@H](O)[C@H]6O)C(C)(C)[C@@H]5CC[C@]43C)[C@@H]2C1. The molecule has 17 atom stereocenters. The van der Waals surface area contributed by atoms with Gasteiger partial charge in [-0.3, -0.25) is 4.79 Å². The van der Waals surface area contributed by atoms with Crippen molar-refractivity contribution in [1.29, 1.82) is 0 Å². The molecule has 0 spiro atoms. The molecule has 7 N–H and O–H groups in total. The lowest BCUT2D eigenvalue weighted by molar-refractivity contribution is -0.370. The standard InChI is InChI=1S/C41H66O12/c1-36(2)14-16-41(35(48)49)17-15-39(6)21(22(41)18-36)8-9-26-38(5)12-11-27(37(3,4)25(38)10-13-40(26,39)7)52-34-32(30(46)29(45)24(19-42)51-34)53-33-31(47)28(44)23(43)20-50-33/h8,22-34,42-47H,9-20H2,1-7H3,(H,48,49)/t22-,23-,24+,25-,26+,27-,28-,29-,30-,31+,32+,33-,34-,38-,39+,40+,41-/m0/s1. The summed E-state index contributed by atoms with van der Waals surface area (Å²) < 4.78 is 24.3. The Morgan fingerprint density at radius 1 is 0.811 bits per heavy atom. The molecule has 12 heteroatoms. The number of aliphatic hydroxyl groups excluding tert-OH is 6. The maximum atomic E-state index is 13.0. The topological polar surface area (TPSA) is 196 Å². The van der Waals surface area contributed by atoms with Crippen molar-refractivity contribution in [2.24, 2.45) is 50.2 Å². The van der Waals surface area contributed by atoms with Crippen molar-refractivity contribution in [3.63, 3.8) is 0 Å². The molecule has 5 aliphatic carbocycles. The summed E-state index contributed by atoms with van der Waals surface area (Å²) in [6.07, 6.45) is -1.79. The molecule has 7 rings (SSSR count). The number of carbonyl (C=O) groups is 1. The Bertz CT molecular complexity index is 1430. The first-order valence-electron chi connectivity index (χ1n) is 20.2. The number of carboxylic acid groups (broad SMARTS) is 1. The van der Waals surface area contributed by atoms with Crippen LogP contribution >= 0.6 is 0 Å². The molecule has 53 heavy (non-hydrogen) atoms. The Balaban J connectivity index is 1.15. The number of aliphatic hydroxyl groups is 6. The van der Waals surface area contributed by atoms with Crippen molar-refractivity contribution < 1.29 is 59.5 Å². The Morgan fingerprint density at radius 2 is 1.51 bits per heavy atom. The van der Waals surface area contributed by atoms with Gasteiger partial charge in [0.15, 0.2) is 12.6 Å². The Hall–Kier alpha value is -1.19. The van der Waals surface area contributed by atoms with E-state index in [1.807, 2.05) is 0 Å². The molecule has 0 bridgehead atoms. The summed E-state index contributed by atoms with van der Waals surface area (Å²) in [7, 11) is 0. The van der Waals surface area contributed by atoms with Gasteiger partial charge in [0.25, 0.3) is 0 Å². The van der Waals surface area contributed by atoms with Crippen molar-refractivity contribution in [2.75, 3.05) is 13.2 Å². The van der Waals surface area contributed by atoms with Crippen LogP contribution in [-0.4, -0.2) is 116 Å². The third-order valence-corrected chi connectivity index (χ3v) is 16.9. The van der Waals surface area contributed by atoms with Gasteiger partial charge in [0.05, 0.1) is 24.7 Å². The van der Waals surface area contributed by atoms with E-state index in [4.69, 9.17) is 18.9 Å². The number of aliphatic carboxylic acids is 1. The van der Waals surface area contributed by atoms with Crippen LogP contribution in [0.15, 0.2) is 11.6 Å². The van der Waals surface area contributed by atoms with Crippen molar-refractivity contribution in [1.82, 2.24) is 0 Å². The third-order valence-electron chi connectivity index (χ3n) is 16.9. The van der Waals surface area contributed by atoms with E-state index >= 15 is 0 Å². The predicted octanol–water partition coefficient (Wildman–Crippen LogP) is 3.52. The third kappa shape index (κ3) is 5.94. The number of fused-ring (bicyclic) bond motifs is 7. The van der Waals surface area contributed by atoms with Crippen LogP contribution in [0.3, 0.4) is 0 Å². The molecule has 0 aromatic heterocycles. The van der Waals surface area contributed by atoms with Crippen molar-refractivity contribution >= 4 is 5.97 Å². The minimum absolute atomic E-state index is 0.00263. The van der Waals surface area contributed by atoms with E-state index in [0.29, 0.717) is 12.3 Å². The molecule has 0 aromatic carbocycles. The highest BCUT2D eigenvalue weighted by Gasteiger charge is 2.69. The van der Waals surface area contributed by atoms with E-state index in [1.165, 1.54) is 5.57 Å². The summed E-state index contributed by atoms with van der Waals surface area (Å²) in [5.41, 5.74) is 0.357. The van der Waals surface area contributed by atoms with Crippen molar-refractivity contribution in [2.45, 2.75) is 174 Å². The first kappa shape index (κ1) is 40.0. The highest BCUT2D eigenvalue weighted by Crippen LogP contribution is 2.76. The lowest BCUT2D eigenvalue weighted by Crippen LogP contribution is -2.66. The van der Waals surface area contributed by atoms with Crippen LogP contribution in [0.25, 0.3) is 0 Å². The van der Waals surface area contributed by atoms with E-state index in [-0.39, 0.29) is 51.6 Å². The van der Waals surface area contributed by atoms with Gasteiger partial charge in [0, 0.05) is 0 Å². The zero-order chi connectivity index (χ0) is 38.7. The largest absolute Gasteiger partial charge is 0.481 e. The van der Waals surface area contributed by atoms with Crippen LogP contribution in [0.1, 0.15) is 113 Å². The fourth-order valence-electron chi connectivity index (χ4n) is 13.4. The summed E-state index contributed by atoms with van der Waals surface area (Å²) in [5.74, 6) is 0.0980. The van der Waals surface area contributed by atoms with Crippen molar-refractivity contribution in [3.05, 3.63) is 11.6 Å². The summed E-state index contributed by atoms with van der Waals surface area (Å²) in [5, 5.41) is 73.6. The molecule has 302 valence electrons. The van der Waals surface area contributed by atoms with Gasteiger partial charge >= 0.3 is 5.97 Å². The van der Waals surface area contributed by atoms with E-state index in [1.54, 1.807) is 0 Å². The summed E-state index contributed by atoms with van der Waals surface area (Å²) in [6, 6.07) is 0. The second-order valence-electron chi connectivity index (χ2n) is 20.2. The molecule has 0 aromatic rings. The molecule has 2 saturated heterocycles. The Labute approximate surface area is 314 Å². The summed E-state index contributed by atoms with van der Waals surface area (Å²) in [6.45, 7) is 15.6. The van der Waals surface area contributed by atoms with Crippen molar-refractivity contribution in [3.8, 4) is 0 Å². The normalized spacial score (nSPS) is 53.3. The second-order valence-corrected chi connectivity index (χ2v) is 20.2. The number of ether oxygens (including phenoxy) is 4. The molecule has 2 heterocycles. The van der Waals surface area contributed by atoms with E-state index < -0.39 is 73.3 Å². The monoisotopic (exact) mass is 750 g/mol. The van der Waals surface area contributed by atoms with Crippen LogP contribution in [0.4, 0.5) is 0 Å². The molecule has 6 fully saturated rings. The summed E-state index contributed by atoms with van der Waals surface area (Å²) >= 11 is 0. The number of carboxylic acids is 1. The summed E-state index contributed by atoms with van der Waals surface area (Å²) in [4.78, 5) is 13.0. The van der Waals surface area contributed by atoms with E-state index in [9.17, 15) is 40.5 Å². The van der Waals surface area contributed by atoms with Gasteiger partial charge in [-0.1, -0.05) is 60.1 Å². The maximum Gasteiger partial charge on any atom is 0.310 e. The molecule has 0 radical (unpaired) electrons. The zero-order valence-electron chi connectivity index (χ0n) is 32.7. The number of hydrogen-bond acceptors (Lipinski definition) is 11. The van der Waals surface area contributed by atoms with Gasteiger partial charge in [0.1, 0.15) is 42.7 Å². The van der Waals surface area contributed by atoms with Crippen LogP contribution < -0.4 is 0 Å². The minimum Gasteiger partial charge on any atom is -0.481 e. The van der Waals surface area contributed by atoms with Gasteiger partial charge in [-0.25, -0.2) is 0 Å². The fourth-order valence-corrected chi connectivity index (χ4v) is 13.4. The molecule has 2 aliphatic heterocycles. The number of hydrogen-bond donors (Lipinski definition) is 7. The predicted molar refractivity (Wildman–Crippen MR) is 192 cm³/mol. The highest BCUT2D eigenvalue weighted by molar-refractivity contribution is 5.76. The van der Waals surface area contributed by atoms with Crippen LogP contribution in [0.2, 0.25) is 0 Å². The molecule has 7 aliphatic rings. The highest BCUT2D eigenvalue weighted by atomic mass is 16.8. The quantitative estimate of drug-likeness (QED) is 0.155. The lowest BCUT2D eigenvalue weighted by Gasteiger charge is -2.71. The molecule has 0 amide bonds. The first-order valence-corrected chi connectivity index (χ1v) is 20.2. The van der Waals surface area contributed by atoms with Gasteiger partial charge in [-0.05, 0) is 109 Å². The number of allylic oxidation sites excluding steroid dienone is 2. The molecule has 4 saturated carbocycles. The molecule has 0 unspecified atom stereocenters. The first-order chi connectivity index (χ1) is 24.7. The second kappa shape index (κ2) is 13.5. The van der Waals surface area contributed by atoms with Gasteiger partial charge in [-0.15, -0.1) is 0 Å². The smallest absolute Gasteiger partial charge is 0.310 e. The van der Waals surface area contributed by atoms with Gasteiger partial charge < -0.3 is 54.7 Å². The fraction of sp³-hybridized carbons (Fsp3) is 0.927. The Kier molecular flexibility index (Phi) is 10.2. The average molecular weight is 751 g/mol.